The van der Waals surface area contributed by atoms with E-state index in [0.29, 0.717) is 12.0 Å². The zero-order valence-electron chi connectivity index (χ0n) is 7.84. The van der Waals surface area contributed by atoms with Gasteiger partial charge in [-0.3, -0.25) is 0 Å². The first-order chi connectivity index (χ1) is 6.63. The Morgan fingerprint density at radius 1 is 1.29 bits per heavy atom. The molecule has 0 saturated carbocycles. The number of benzene rings is 1. The van der Waals surface area contributed by atoms with Crippen LogP contribution >= 0.6 is 0 Å². The van der Waals surface area contributed by atoms with Crippen LogP contribution in [0.3, 0.4) is 0 Å². The first-order valence-electron chi connectivity index (χ1n) is 4.46. The molecule has 1 unspecified atom stereocenters. The van der Waals surface area contributed by atoms with Crippen molar-refractivity contribution in [2.24, 2.45) is 5.73 Å². The second-order valence-corrected chi connectivity index (χ2v) is 3.18. The van der Waals surface area contributed by atoms with Gasteiger partial charge in [0.25, 0.3) is 0 Å². The minimum Gasteiger partial charge on any atom is -0.324 e. The number of halogens is 2. The Balaban J connectivity index is 2.78. The van der Waals surface area contributed by atoms with Crippen LogP contribution in [0.15, 0.2) is 30.9 Å². The average Bonchev–Trinajstić information content (AvgIpc) is 2.12. The van der Waals surface area contributed by atoms with Gasteiger partial charge < -0.3 is 5.73 Å². The minimum atomic E-state index is -0.589. The maximum Gasteiger partial charge on any atom is 0.126 e. The highest BCUT2D eigenvalue weighted by atomic mass is 19.1. The molecule has 1 rings (SSSR count). The van der Waals surface area contributed by atoms with Crippen molar-refractivity contribution in [2.75, 3.05) is 0 Å². The van der Waals surface area contributed by atoms with E-state index in [2.05, 4.69) is 6.58 Å². The Bertz CT molecular complexity index is 303. The molecular formula is C11H13F2N. The van der Waals surface area contributed by atoms with Gasteiger partial charge in [0, 0.05) is 12.1 Å². The first kappa shape index (κ1) is 10.9. The molecule has 1 nitrogen and oxygen atoms in total. The summed E-state index contributed by atoms with van der Waals surface area (Å²) in [6.45, 7) is 3.56. The highest BCUT2D eigenvalue weighted by Gasteiger charge is 2.07. The van der Waals surface area contributed by atoms with Crippen LogP contribution in [0.2, 0.25) is 0 Å². The van der Waals surface area contributed by atoms with Gasteiger partial charge in [0.15, 0.2) is 0 Å². The van der Waals surface area contributed by atoms with Crippen LogP contribution in [0.5, 0.6) is 0 Å². The molecule has 0 heterocycles. The lowest BCUT2D eigenvalue weighted by Crippen LogP contribution is -2.10. The summed E-state index contributed by atoms with van der Waals surface area (Å²) in [6.07, 6.45) is 3.11. The molecule has 0 spiro atoms. The van der Waals surface area contributed by atoms with E-state index < -0.39 is 11.6 Å². The van der Waals surface area contributed by atoms with E-state index in [0.717, 1.165) is 12.5 Å². The molecule has 0 bridgehead atoms. The summed E-state index contributed by atoms with van der Waals surface area (Å²) in [5.41, 5.74) is 6.23. The van der Waals surface area contributed by atoms with E-state index in [4.69, 9.17) is 5.73 Å². The molecule has 0 fully saturated rings. The molecule has 0 aromatic heterocycles. The number of nitrogens with two attached hydrogens (primary N) is 1. The fraction of sp³-hybridized carbons (Fsp3) is 0.273. The molecular weight excluding hydrogens is 184 g/mol. The van der Waals surface area contributed by atoms with Crippen LogP contribution in [0.4, 0.5) is 8.78 Å². The van der Waals surface area contributed by atoms with Crippen molar-refractivity contribution in [3.63, 3.8) is 0 Å². The summed E-state index contributed by atoms with van der Waals surface area (Å²) in [4.78, 5) is 0. The first-order valence-corrected chi connectivity index (χ1v) is 4.46. The number of allylic oxidation sites excluding steroid dienone is 1. The zero-order chi connectivity index (χ0) is 10.6. The molecule has 1 aromatic carbocycles. The molecule has 0 radical (unpaired) electrons. The van der Waals surface area contributed by atoms with Gasteiger partial charge in [-0.2, -0.15) is 0 Å². The summed E-state index contributed by atoms with van der Waals surface area (Å²) < 4.78 is 25.6. The lowest BCUT2D eigenvalue weighted by molar-refractivity contribution is 0.568. The summed E-state index contributed by atoms with van der Waals surface area (Å²) in [5, 5.41) is 0. The van der Waals surface area contributed by atoms with Crippen molar-refractivity contribution in [1.29, 1.82) is 0 Å². The smallest absolute Gasteiger partial charge is 0.126 e. The lowest BCUT2D eigenvalue weighted by Gasteiger charge is -2.10. The van der Waals surface area contributed by atoms with Crippen molar-refractivity contribution < 1.29 is 8.78 Å². The lowest BCUT2D eigenvalue weighted by atomic mass is 10.0. The van der Waals surface area contributed by atoms with Gasteiger partial charge in [-0.1, -0.05) is 6.08 Å². The minimum absolute atomic E-state index is 0.335. The largest absolute Gasteiger partial charge is 0.324 e. The van der Waals surface area contributed by atoms with Crippen LogP contribution in [0, 0.1) is 11.6 Å². The van der Waals surface area contributed by atoms with Crippen molar-refractivity contribution in [2.45, 2.75) is 18.9 Å². The SMILES string of the molecule is C=CCCC(N)c1cc(F)cc(F)c1. The van der Waals surface area contributed by atoms with E-state index in [9.17, 15) is 8.78 Å². The van der Waals surface area contributed by atoms with Gasteiger partial charge in [-0.15, -0.1) is 6.58 Å². The Labute approximate surface area is 82.2 Å². The van der Waals surface area contributed by atoms with E-state index in [1.165, 1.54) is 12.1 Å². The molecule has 2 N–H and O–H groups in total. The van der Waals surface area contributed by atoms with E-state index in [-0.39, 0.29) is 6.04 Å². The molecule has 0 saturated heterocycles. The quantitative estimate of drug-likeness (QED) is 0.738. The third-order valence-corrected chi connectivity index (χ3v) is 1.99. The van der Waals surface area contributed by atoms with Crippen molar-refractivity contribution in [3.8, 4) is 0 Å². The Kier molecular flexibility index (Phi) is 3.77. The maximum absolute atomic E-state index is 12.8. The Morgan fingerprint density at radius 2 is 1.86 bits per heavy atom. The van der Waals surface area contributed by atoms with Gasteiger partial charge in [-0.25, -0.2) is 8.78 Å². The monoisotopic (exact) mass is 197 g/mol. The fourth-order valence-electron chi connectivity index (χ4n) is 1.25. The highest BCUT2D eigenvalue weighted by Crippen LogP contribution is 2.18. The predicted molar refractivity (Wildman–Crippen MR) is 52.7 cm³/mol. The van der Waals surface area contributed by atoms with Gasteiger partial charge >= 0.3 is 0 Å². The number of rotatable bonds is 4. The standard InChI is InChI=1S/C11H13F2N/c1-2-3-4-11(14)8-5-9(12)7-10(13)6-8/h2,5-7,11H,1,3-4,14H2. The van der Waals surface area contributed by atoms with Gasteiger partial charge in [0.2, 0.25) is 0 Å². The second-order valence-electron chi connectivity index (χ2n) is 3.18. The van der Waals surface area contributed by atoms with Gasteiger partial charge in [0.05, 0.1) is 0 Å². The maximum atomic E-state index is 12.8. The van der Waals surface area contributed by atoms with E-state index in [1.54, 1.807) is 6.08 Å². The molecule has 76 valence electrons. The zero-order valence-corrected chi connectivity index (χ0v) is 7.84. The van der Waals surface area contributed by atoms with Crippen molar-refractivity contribution in [3.05, 3.63) is 48.1 Å². The average molecular weight is 197 g/mol. The topological polar surface area (TPSA) is 26.0 Å². The summed E-state index contributed by atoms with van der Waals surface area (Å²) in [5.74, 6) is -1.18. The predicted octanol–water partition coefficient (Wildman–Crippen LogP) is 2.93. The molecule has 1 atom stereocenters. The van der Waals surface area contributed by atoms with Crippen LogP contribution in [0.1, 0.15) is 24.4 Å². The third-order valence-electron chi connectivity index (χ3n) is 1.99. The number of hydrogen-bond acceptors (Lipinski definition) is 1. The third kappa shape index (κ3) is 2.92. The highest BCUT2D eigenvalue weighted by molar-refractivity contribution is 5.21. The summed E-state index contributed by atoms with van der Waals surface area (Å²) in [7, 11) is 0. The Morgan fingerprint density at radius 3 is 2.36 bits per heavy atom. The van der Waals surface area contributed by atoms with Crippen molar-refractivity contribution >= 4 is 0 Å². The van der Waals surface area contributed by atoms with Crippen LogP contribution in [-0.2, 0) is 0 Å². The van der Waals surface area contributed by atoms with Gasteiger partial charge in [0.1, 0.15) is 11.6 Å². The van der Waals surface area contributed by atoms with Crippen molar-refractivity contribution in [1.82, 2.24) is 0 Å². The number of hydrogen-bond donors (Lipinski definition) is 1. The van der Waals surface area contributed by atoms with Gasteiger partial charge in [-0.05, 0) is 30.5 Å². The normalized spacial score (nSPS) is 12.5. The summed E-state index contributed by atoms with van der Waals surface area (Å²) in [6, 6.07) is 3.02. The van der Waals surface area contributed by atoms with E-state index >= 15 is 0 Å². The molecule has 1 aromatic rings. The molecule has 0 aliphatic heterocycles. The molecule has 0 aliphatic rings. The van der Waals surface area contributed by atoms with Crippen LogP contribution in [0.25, 0.3) is 0 Å². The fourth-order valence-corrected chi connectivity index (χ4v) is 1.25. The summed E-state index contributed by atoms with van der Waals surface area (Å²) >= 11 is 0. The van der Waals surface area contributed by atoms with E-state index in [1.807, 2.05) is 0 Å². The molecule has 14 heavy (non-hydrogen) atoms. The molecule has 0 amide bonds. The van der Waals surface area contributed by atoms with Crippen LogP contribution in [-0.4, -0.2) is 0 Å². The Hall–Kier alpha value is -1.22. The van der Waals surface area contributed by atoms with Crippen LogP contribution < -0.4 is 5.73 Å². The molecule has 3 heteroatoms. The second kappa shape index (κ2) is 4.86. The molecule has 0 aliphatic carbocycles.